The van der Waals surface area contributed by atoms with Crippen molar-refractivity contribution < 1.29 is 4.79 Å². The van der Waals surface area contributed by atoms with Crippen LogP contribution in [0, 0.1) is 0 Å². The van der Waals surface area contributed by atoms with E-state index < -0.39 is 5.91 Å². The number of nitrogens with zero attached hydrogens (tertiary/aromatic N) is 1. The predicted molar refractivity (Wildman–Crippen MR) is 85.5 cm³/mol. The molecule has 1 aliphatic carbocycles. The van der Waals surface area contributed by atoms with Crippen molar-refractivity contribution in [3.8, 4) is 0 Å². The number of carbonyl (C=O) groups is 1. The highest BCUT2D eigenvalue weighted by molar-refractivity contribution is 5.85. The summed E-state index contributed by atoms with van der Waals surface area (Å²) in [4.78, 5) is 12.0. The molecular formula is C15H27ClN2O. The summed E-state index contributed by atoms with van der Waals surface area (Å²) in [6, 6.07) is 0.782. The van der Waals surface area contributed by atoms with Crippen molar-refractivity contribution >= 4 is 18.3 Å². The van der Waals surface area contributed by atoms with Crippen molar-refractivity contribution in [1.82, 2.24) is 4.90 Å². The van der Waals surface area contributed by atoms with E-state index in [1.807, 2.05) is 12.2 Å². The van der Waals surface area contributed by atoms with Gasteiger partial charge in [0.25, 0.3) is 0 Å². The Kier molecular flexibility index (Phi) is 14.3. The van der Waals surface area contributed by atoms with E-state index in [1.54, 1.807) is 0 Å². The monoisotopic (exact) mass is 286 g/mol. The van der Waals surface area contributed by atoms with E-state index in [4.69, 9.17) is 0 Å². The lowest BCUT2D eigenvalue weighted by Crippen LogP contribution is -2.36. The largest absolute Gasteiger partial charge is 0.366 e. The fourth-order valence-electron chi connectivity index (χ4n) is 2.15. The first-order valence-corrected chi connectivity index (χ1v) is 6.53. The average Bonchev–Trinajstić information content (AvgIpc) is 2.40. The molecule has 0 radical (unpaired) electrons. The van der Waals surface area contributed by atoms with Gasteiger partial charge in [0.15, 0.2) is 0 Å². The van der Waals surface area contributed by atoms with Crippen molar-refractivity contribution in [2.24, 2.45) is 5.73 Å². The third-order valence-corrected chi connectivity index (χ3v) is 3.02. The first kappa shape index (κ1) is 20.3. The molecule has 0 atom stereocenters. The van der Waals surface area contributed by atoms with Gasteiger partial charge >= 0.3 is 0 Å². The van der Waals surface area contributed by atoms with Crippen molar-refractivity contribution in [3.05, 3.63) is 38.0 Å². The third-order valence-electron chi connectivity index (χ3n) is 3.02. The lowest BCUT2D eigenvalue weighted by atomic mass is 9.94. The molecule has 1 aliphatic rings. The first-order chi connectivity index (χ1) is 8.65. The van der Waals surface area contributed by atoms with Gasteiger partial charge < -0.3 is 5.73 Å². The molecule has 0 spiro atoms. The van der Waals surface area contributed by atoms with Crippen LogP contribution in [0.2, 0.25) is 0 Å². The molecule has 19 heavy (non-hydrogen) atoms. The summed E-state index contributed by atoms with van der Waals surface area (Å²) in [6.45, 7) is 12.7. The van der Waals surface area contributed by atoms with Gasteiger partial charge in [0.05, 0.1) is 0 Å². The Morgan fingerprint density at radius 2 is 1.53 bits per heavy atom. The number of halogens is 1. The molecule has 0 aromatic heterocycles. The van der Waals surface area contributed by atoms with Gasteiger partial charge in [-0.15, -0.1) is 25.6 Å². The van der Waals surface area contributed by atoms with Gasteiger partial charge in [-0.25, -0.2) is 0 Å². The number of amides is 1. The van der Waals surface area contributed by atoms with Crippen molar-refractivity contribution in [3.63, 3.8) is 0 Å². The molecule has 0 aromatic rings. The summed E-state index contributed by atoms with van der Waals surface area (Å²) in [5.41, 5.74) is 4.53. The smallest absolute Gasteiger partial charge is 0.240 e. The van der Waals surface area contributed by atoms with Gasteiger partial charge in [0.1, 0.15) is 0 Å². The van der Waals surface area contributed by atoms with E-state index in [0.29, 0.717) is 0 Å². The van der Waals surface area contributed by atoms with E-state index in [1.165, 1.54) is 32.1 Å². The number of nitrogens with two attached hydrogens (primary N) is 1. The lowest BCUT2D eigenvalue weighted by molar-refractivity contribution is -0.113. The van der Waals surface area contributed by atoms with E-state index in [0.717, 1.165) is 25.2 Å². The van der Waals surface area contributed by atoms with E-state index in [2.05, 4.69) is 30.4 Å². The lowest BCUT2D eigenvalue weighted by Gasteiger charge is -2.32. The molecule has 4 heteroatoms. The minimum atomic E-state index is -0.481. The van der Waals surface area contributed by atoms with E-state index >= 15 is 0 Å². The maximum Gasteiger partial charge on any atom is 0.240 e. The van der Waals surface area contributed by atoms with Crippen LogP contribution in [0.3, 0.4) is 0 Å². The van der Waals surface area contributed by atoms with Gasteiger partial charge in [-0.2, -0.15) is 0 Å². The second-order valence-corrected chi connectivity index (χ2v) is 4.43. The molecule has 1 fully saturated rings. The maximum atomic E-state index is 9.47. The second-order valence-electron chi connectivity index (χ2n) is 4.43. The normalized spacial score (nSPS) is 14.6. The zero-order chi connectivity index (χ0) is 13.8. The summed E-state index contributed by atoms with van der Waals surface area (Å²) in [5.74, 6) is -0.481. The molecule has 0 aromatic carbocycles. The summed E-state index contributed by atoms with van der Waals surface area (Å²) >= 11 is 0. The fraction of sp³-hybridized carbons (Fsp3) is 0.533. The second kappa shape index (κ2) is 13.4. The number of carbonyl (C=O) groups excluding carboxylic acids is 1. The van der Waals surface area contributed by atoms with Crippen LogP contribution in [0.25, 0.3) is 0 Å². The van der Waals surface area contributed by atoms with Crippen LogP contribution in [0.1, 0.15) is 32.1 Å². The Balaban J connectivity index is 0. The van der Waals surface area contributed by atoms with Crippen molar-refractivity contribution in [2.75, 3.05) is 13.1 Å². The highest BCUT2D eigenvalue weighted by atomic mass is 35.5. The molecule has 3 nitrogen and oxygen atoms in total. The summed E-state index contributed by atoms with van der Waals surface area (Å²) in [5, 5.41) is 0. The Morgan fingerprint density at radius 1 is 1.11 bits per heavy atom. The van der Waals surface area contributed by atoms with Crippen LogP contribution in [-0.2, 0) is 4.79 Å². The molecule has 0 aliphatic heterocycles. The molecule has 1 saturated carbocycles. The number of rotatable bonds is 6. The highest BCUT2D eigenvalue weighted by Crippen LogP contribution is 2.22. The van der Waals surface area contributed by atoms with Crippen LogP contribution in [0.5, 0.6) is 0 Å². The third kappa shape index (κ3) is 10.5. The fourth-order valence-corrected chi connectivity index (χ4v) is 2.15. The minimum absolute atomic E-state index is 0. The van der Waals surface area contributed by atoms with Gasteiger partial charge in [-0.1, -0.05) is 38.0 Å². The number of hydrogen-bond donors (Lipinski definition) is 1. The van der Waals surface area contributed by atoms with Crippen LogP contribution >= 0.6 is 12.4 Å². The van der Waals surface area contributed by atoms with E-state index in [9.17, 15) is 4.79 Å². The summed E-state index contributed by atoms with van der Waals surface area (Å²) < 4.78 is 0. The van der Waals surface area contributed by atoms with Crippen LogP contribution in [0.4, 0.5) is 0 Å². The zero-order valence-electron chi connectivity index (χ0n) is 11.7. The number of hydrogen-bond acceptors (Lipinski definition) is 2. The van der Waals surface area contributed by atoms with Crippen LogP contribution < -0.4 is 5.73 Å². The molecule has 0 unspecified atom stereocenters. The SMILES string of the molecule is C=CC(N)=O.C=CCN(CC=C)C1CCCCC1.Cl. The molecule has 1 rings (SSSR count). The van der Waals surface area contributed by atoms with Gasteiger partial charge in [0, 0.05) is 19.1 Å². The number of primary amides is 1. The van der Waals surface area contributed by atoms with E-state index in [-0.39, 0.29) is 12.4 Å². The van der Waals surface area contributed by atoms with Gasteiger partial charge in [-0.3, -0.25) is 9.69 Å². The Bertz CT molecular complexity index is 263. The standard InChI is InChI=1S/C12H21N.C3H5NO.ClH/c1-3-10-13(11-4-2)12-8-6-5-7-9-12;1-2-3(4)5;/h3-4,12H,1-2,5-11H2;2H,1H2,(H2,4,5);1H. The molecule has 0 saturated heterocycles. The highest BCUT2D eigenvalue weighted by Gasteiger charge is 2.18. The summed E-state index contributed by atoms with van der Waals surface area (Å²) in [7, 11) is 0. The maximum absolute atomic E-state index is 9.47. The predicted octanol–water partition coefficient (Wildman–Crippen LogP) is 3.07. The Hall–Kier alpha value is -1.06. The van der Waals surface area contributed by atoms with Crippen molar-refractivity contribution in [2.45, 2.75) is 38.1 Å². The first-order valence-electron chi connectivity index (χ1n) is 6.53. The zero-order valence-corrected chi connectivity index (χ0v) is 12.5. The Labute approximate surface area is 123 Å². The molecule has 110 valence electrons. The van der Waals surface area contributed by atoms with Crippen LogP contribution in [0.15, 0.2) is 38.0 Å². The van der Waals surface area contributed by atoms with Crippen molar-refractivity contribution in [1.29, 1.82) is 0 Å². The molecule has 0 bridgehead atoms. The Morgan fingerprint density at radius 3 is 1.84 bits per heavy atom. The van der Waals surface area contributed by atoms with Gasteiger partial charge in [0.2, 0.25) is 5.91 Å². The molecular weight excluding hydrogens is 260 g/mol. The quantitative estimate of drug-likeness (QED) is 0.602. The minimum Gasteiger partial charge on any atom is -0.366 e. The topological polar surface area (TPSA) is 46.3 Å². The molecule has 1 amide bonds. The average molecular weight is 287 g/mol. The van der Waals surface area contributed by atoms with Gasteiger partial charge in [-0.05, 0) is 18.9 Å². The summed E-state index contributed by atoms with van der Waals surface area (Å²) in [6.07, 6.45) is 12.0. The van der Waals surface area contributed by atoms with Crippen LogP contribution in [-0.4, -0.2) is 29.9 Å². The molecule has 2 N–H and O–H groups in total. The molecule has 0 heterocycles.